The van der Waals surface area contributed by atoms with E-state index in [9.17, 15) is 8.42 Å². The highest BCUT2D eigenvalue weighted by Crippen LogP contribution is 2.32. The van der Waals surface area contributed by atoms with Crippen LogP contribution in [0.15, 0.2) is 53.4 Å². The largest absolute Gasteiger partial charge is 0.224 e. The van der Waals surface area contributed by atoms with E-state index in [0.29, 0.717) is 0 Å². The van der Waals surface area contributed by atoms with E-state index >= 15 is 0 Å². The molecule has 2 aromatic rings. The lowest BCUT2D eigenvalue weighted by Crippen LogP contribution is -1.98. The summed E-state index contributed by atoms with van der Waals surface area (Å²) in [5.74, 6) is 0. The van der Waals surface area contributed by atoms with Crippen molar-refractivity contribution in [3.05, 3.63) is 53.6 Å². The normalized spacial score (nSPS) is 11.4. The first kappa shape index (κ1) is 12.1. The second-order valence-electron chi connectivity index (χ2n) is 3.76. The molecule has 0 radical (unpaired) electrons. The molecular formula is C13H11ClO2S. The van der Waals surface area contributed by atoms with Crippen LogP contribution in [0.25, 0.3) is 11.1 Å². The zero-order valence-corrected chi connectivity index (χ0v) is 10.8. The van der Waals surface area contributed by atoms with Gasteiger partial charge in [-0.3, -0.25) is 0 Å². The van der Waals surface area contributed by atoms with Crippen LogP contribution in [0.4, 0.5) is 0 Å². The number of halogens is 1. The smallest absolute Gasteiger partial charge is 0.177 e. The van der Waals surface area contributed by atoms with Crippen molar-refractivity contribution >= 4 is 21.4 Å². The number of hydrogen-bond donors (Lipinski definition) is 0. The third kappa shape index (κ3) is 2.51. The summed E-state index contributed by atoms with van der Waals surface area (Å²) in [4.78, 5) is 0.167. The summed E-state index contributed by atoms with van der Waals surface area (Å²) in [5.41, 5.74) is 1.64. The summed E-state index contributed by atoms with van der Waals surface area (Å²) in [6.07, 6.45) is 1.16. The van der Waals surface area contributed by atoms with Gasteiger partial charge >= 0.3 is 0 Å². The van der Waals surface area contributed by atoms with Gasteiger partial charge in [-0.15, -0.1) is 0 Å². The molecule has 0 aliphatic rings. The predicted molar refractivity (Wildman–Crippen MR) is 70.0 cm³/mol. The van der Waals surface area contributed by atoms with Crippen LogP contribution < -0.4 is 0 Å². The number of hydrogen-bond acceptors (Lipinski definition) is 2. The number of rotatable bonds is 2. The van der Waals surface area contributed by atoms with Gasteiger partial charge in [0.2, 0.25) is 0 Å². The predicted octanol–water partition coefficient (Wildman–Crippen LogP) is 3.41. The molecule has 0 fully saturated rings. The molecular weight excluding hydrogens is 256 g/mol. The zero-order valence-electron chi connectivity index (χ0n) is 9.22. The Hall–Kier alpha value is -1.32. The summed E-state index contributed by atoms with van der Waals surface area (Å²) in [6.45, 7) is 0. The van der Waals surface area contributed by atoms with E-state index in [2.05, 4.69) is 0 Å². The summed E-state index contributed by atoms with van der Waals surface area (Å²) >= 11 is 6.15. The molecule has 0 aliphatic carbocycles. The minimum atomic E-state index is -3.30. The average molecular weight is 267 g/mol. The second kappa shape index (κ2) is 4.51. The van der Waals surface area contributed by atoms with E-state index < -0.39 is 9.84 Å². The first-order chi connectivity index (χ1) is 8.00. The van der Waals surface area contributed by atoms with Gasteiger partial charge in [0, 0.05) is 11.8 Å². The molecule has 0 aromatic heterocycles. The summed E-state index contributed by atoms with van der Waals surface area (Å²) in [5, 5.41) is 0.279. The number of benzene rings is 2. The van der Waals surface area contributed by atoms with Gasteiger partial charge in [0.25, 0.3) is 0 Å². The van der Waals surface area contributed by atoms with Crippen molar-refractivity contribution < 1.29 is 8.42 Å². The molecule has 0 N–H and O–H groups in total. The maximum absolute atomic E-state index is 11.6. The Morgan fingerprint density at radius 2 is 1.59 bits per heavy atom. The van der Waals surface area contributed by atoms with Crippen LogP contribution in [0.3, 0.4) is 0 Å². The molecule has 4 heteroatoms. The van der Waals surface area contributed by atoms with Gasteiger partial charge in [-0.2, -0.15) is 0 Å². The lowest BCUT2D eigenvalue weighted by Gasteiger charge is -2.08. The fourth-order valence-corrected chi connectivity index (χ4v) is 3.05. The Bertz CT molecular complexity index is 634. The third-order valence-electron chi connectivity index (χ3n) is 2.45. The van der Waals surface area contributed by atoms with Gasteiger partial charge in [-0.05, 0) is 11.6 Å². The van der Waals surface area contributed by atoms with Crippen LogP contribution in [-0.2, 0) is 9.84 Å². The van der Waals surface area contributed by atoms with Crippen LogP contribution in [0.1, 0.15) is 0 Å². The van der Waals surface area contributed by atoms with Crippen LogP contribution >= 0.6 is 11.6 Å². The molecule has 0 aliphatic heterocycles. The van der Waals surface area contributed by atoms with Crippen molar-refractivity contribution in [1.29, 1.82) is 0 Å². The van der Waals surface area contributed by atoms with Gasteiger partial charge in [-0.1, -0.05) is 54.1 Å². The lowest BCUT2D eigenvalue weighted by atomic mass is 10.1. The number of sulfone groups is 1. The molecule has 0 spiro atoms. The quantitative estimate of drug-likeness (QED) is 0.835. The summed E-state index contributed by atoms with van der Waals surface area (Å²) < 4.78 is 23.1. The summed E-state index contributed by atoms with van der Waals surface area (Å²) in [7, 11) is -3.30. The lowest BCUT2D eigenvalue weighted by molar-refractivity contribution is 0.602. The highest BCUT2D eigenvalue weighted by molar-refractivity contribution is 7.90. The molecule has 0 saturated heterocycles. The molecule has 2 rings (SSSR count). The van der Waals surface area contributed by atoms with Crippen molar-refractivity contribution in [2.75, 3.05) is 6.26 Å². The van der Waals surface area contributed by atoms with Crippen molar-refractivity contribution in [2.24, 2.45) is 0 Å². The molecule has 0 bridgehead atoms. The van der Waals surface area contributed by atoms with Crippen LogP contribution in [0.5, 0.6) is 0 Å². The SMILES string of the molecule is CS(=O)(=O)c1cccc(-c2ccccc2)c1Cl. The fraction of sp³-hybridized carbons (Fsp3) is 0.0769. The Morgan fingerprint density at radius 1 is 0.941 bits per heavy atom. The molecule has 0 unspecified atom stereocenters. The Balaban J connectivity index is 2.67. The molecule has 2 aromatic carbocycles. The average Bonchev–Trinajstić information content (AvgIpc) is 2.29. The van der Waals surface area contributed by atoms with Crippen LogP contribution in [0, 0.1) is 0 Å². The Morgan fingerprint density at radius 3 is 2.18 bits per heavy atom. The summed E-state index contributed by atoms with van der Waals surface area (Å²) in [6, 6.07) is 14.5. The van der Waals surface area contributed by atoms with Crippen LogP contribution in [-0.4, -0.2) is 14.7 Å². The van der Waals surface area contributed by atoms with E-state index in [4.69, 9.17) is 11.6 Å². The van der Waals surface area contributed by atoms with Crippen LogP contribution in [0.2, 0.25) is 5.02 Å². The Labute approximate surface area is 106 Å². The molecule has 17 heavy (non-hydrogen) atoms. The molecule has 0 atom stereocenters. The van der Waals surface area contributed by atoms with E-state index in [1.54, 1.807) is 6.07 Å². The topological polar surface area (TPSA) is 34.1 Å². The van der Waals surface area contributed by atoms with Crippen molar-refractivity contribution in [3.63, 3.8) is 0 Å². The molecule has 0 saturated carbocycles. The van der Waals surface area contributed by atoms with Crippen molar-refractivity contribution in [3.8, 4) is 11.1 Å². The first-order valence-electron chi connectivity index (χ1n) is 5.04. The highest BCUT2D eigenvalue weighted by Gasteiger charge is 2.15. The minimum Gasteiger partial charge on any atom is -0.224 e. The molecule has 88 valence electrons. The van der Waals surface area contributed by atoms with E-state index in [1.165, 1.54) is 6.07 Å². The van der Waals surface area contributed by atoms with Gasteiger partial charge in [-0.25, -0.2) is 8.42 Å². The monoisotopic (exact) mass is 266 g/mol. The first-order valence-corrected chi connectivity index (χ1v) is 7.31. The highest BCUT2D eigenvalue weighted by atomic mass is 35.5. The maximum atomic E-state index is 11.6. The van der Waals surface area contributed by atoms with Gasteiger partial charge in [0.1, 0.15) is 0 Å². The fourth-order valence-electron chi connectivity index (χ4n) is 1.64. The molecule has 2 nitrogen and oxygen atoms in total. The van der Waals surface area contributed by atoms with Crippen molar-refractivity contribution in [1.82, 2.24) is 0 Å². The molecule has 0 heterocycles. The van der Waals surface area contributed by atoms with E-state index in [1.807, 2.05) is 36.4 Å². The van der Waals surface area contributed by atoms with Gasteiger partial charge in [0.05, 0.1) is 9.92 Å². The van der Waals surface area contributed by atoms with E-state index in [-0.39, 0.29) is 9.92 Å². The maximum Gasteiger partial charge on any atom is 0.177 e. The standard InChI is InChI=1S/C13H11ClO2S/c1-17(15,16)12-9-5-8-11(13(12)14)10-6-3-2-4-7-10/h2-9H,1H3. The minimum absolute atomic E-state index is 0.167. The van der Waals surface area contributed by atoms with Gasteiger partial charge in [0.15, 0.2) is 9.84 Å². The molecule has 0 amide bonds. The van der Waals surface area contributed by atoms with E-state index in [0.717, 1.165) is 17.4 Å². The second-order valence-corrected chi connectivity index (χ2v) is 6.12. The third-order valence-corrected chi connectivity index (χ3v) is 4.11. The van der Waals surface area contributed by atoms with Gasteiger partial charge < -0.3 is 0 Å². The van der Waals surface area contributed by atoms with Crippen molar-refractivity contribution in [2.45, 2.75) is 4.90 Å². The Kier molecular flexibility index (Phi) is 3.22. The zero-order chi connectivity index (χ0) is 12.5.